The van der Waals surface area contributed by atoms with Crippen molar-refractivity contribution < 1.29 is 17.9 Å². The molecule has 0 aromatic heterocycles. The molecule has 1 aliphatic carbocycles. The number of amides is 1. The van der Waals surface area contributed by atoms with E-state index in [-0.39, 0.29) is 12.5 Å². The first-order valence-corrected chi connectivity index (χ1v) is 12.3. The monoisotopic (exact) mass is 443 g/mol. The predicted octanol–water partition coefficient (Wildman–Crippen LogP) is 2.52. The van der Waals surface area contributed by atoms with Crippen molar-refractivity contribution in [2.45, 2.75) is 31.1 Å². The number of sulfonamides is 1. The summed E-state index contributed by atoms with van der Waals surface area (Å²) < 4.78 is 33.2. The van der Waals surface area contributed by atoms with E-state index in [1.807, 2.05) is 48.2 Å². The van der Waals surface area contributed by atoms with Crippen LogP contribution in [0.3, 0.4) is 0 Å². The third kappa shape index (κ3) is 4.92. The highest BCUT2D eigenvalue weighted by molar-refractivity contribution is 7.89. The van der Waals surface area contributed by atoms with Crippen LogP contribution in [0.5, 0.6) is 5.75 Å². The number of piperazine rings is 1. The van der Waals surface area contributed by atoms with Gasteiger partial charge >= 0.3 is 0 Å². The predicted molar refractivity (Wildman–Crippen MR) is 120 cm³/mol. The Balaban J connectivity index is 1.33. The molecule has 1 saturated heterocycles. The van der Waals surface area contributed by atoms with Gasteiger partial charge in [-0.3, -0.25) is 9.69 Å². The van der Waals surface area contributed by atoms with Crippen molar-refractivity contribution in [2.75, 3.05) is 44.6 Å². The number of anilines is 1. The Hall–Kier alpha value is -2.42. The summed E-state index contributed by atoms with van der Waals surface area (Å²) in [5.41, 5.74) is 3.07. The Morgan fingerprint density at radius 3 is 2.55 bits per heavy atom. The van der Waals surface area contributed by atoms with Crippen LogP contribution in [-0.4, -0.2) is 62.9 Å². The standard InChI is InChI=1S/C23H29N3O4S/c1-2-30-22-9-4-3-8-21(22)24-23(27)17-25-12-14-26(15-13-25)31(28,29)20-11-10-18-6-5-7-19(18)16-20/h3-4,8-11,16H,2,5-7,12-15,17H2,1H3,(H,24,27). The van der Waals surface area contributed by atoms with Gasteiger partial charge in [-0.25, -0.2) is 8.42 Å². The molecule has 1 N–H and O–H groups in total. The number of nitrogens with zero attached hydrogens (tertiary/aromatic N) is 2. The highest BCUT2D eigenvalue weighted by Crippen LogP contribution is 2.27. The van der Waals surface area contributed by atoms with Crippen LogP contribution in [0.25, 0.3) is 0 Å². The van der Waals surface area contributed by atoms with Crippen LogP contribution in [0.15, 0.2) is 47.4 Å². The summed E-state index contributed by atoms with van der Waals surface area (Å²) in [4.78, 5) is 14.9. The maximum atomic E-state index is 13.1. The van der Waals surface area contributed by atoms with Gasteiger partial charge in [0.05, 0.1) is 23.7 Å². The second kappa shape index (κ2) is 9.38. The molecular weight excluding hydrogens is 414 g/mol. The maximum Gasteiger partial charge on any atom is 0.243 e. The lowest BCUT2D eigenvalue weighted by Crippen LogP contribution is -2.50. The fourth-order valence-electron chi connectivity index (χ4n) is 4.23. The van der Waals surface area contributed by atoms with Gasteiger partial charge in [-0.1, -0.05) is 18.2 Å². The van der Waals surface area contributed by atoms with Crippen molar-refractivity contribution in [3.63, 3.8) is 0 Å². The first-order valence-electron chi connectivity index (χ1n) is 10.8. The van der Waals surface area contributed by atoms with E-state index >= 15 is 0 Å². The molecule has 166 valence electrons. The average molecular weight is 444 g/mol. The SMILES string of the molecule is CCOc1ccccc1NC(=O)CN1CCN(S(=O)(=O)c2ccc3c(c2)CCC3)CC1. The minimum atomic E-state index is -3.51. The Kier molecular flexibility index (Phi) is 6.60. The number of rotatable bonds is 7. The van der Waals surface area contributed by atoms with Crippen molar-refractivity contribution in [3.8, 4) is 5.75 Å². The molecule has 1 amide bonds. The molecule has 0 bridgehead atoms. The number of hydrogen-bond acceptors (Lipinski definition) is 5. The van der Waals surface area contributed by atoms with Gasteiger partial charge in [0.15, 0.2) is 0 Å². The molecule has 4 rings (SSSR count). The normalized spacial score (nSPS) is 17.3. The summed E-state index contributed by atoms with van der Waals surface area (Å²) in [5.74, 6) is 0.505. The zero-order valence-corrected chi connectivity index (χ0v) is 18.7. The quantitative estimate of drug-likeness (QED) is 0.711. The number of hydrogen-bond donors (Lipinski definition) is 1. The van der Waals surface area contributed by atoms with Crippen LogP contribution in [0.1, 0.15) is 24.5 Å². The summed E-state index contributed by atoms with van der Waals surface area (Å²) in [6.45, 7) is 4.43. The first kappa shape index (κ1) is 21.8. The third-order valence-corrected chi connectivity index (χ3v) is 7.76. The lowest BCUT2D eigenvalue weighted by Gasteiger charge is -2.33. The van der Waals surface area contributed by atoms with Crippen LogP contribution in [0, 0.1) is 0 Å². The van der Waals surface area contributed by atoms with Gasteiger partial charge in [0, 0.05) is 26.2 Å². The van der Waals surface area contributed by atoms with Gasteiger partial charge in [0.1, 0.15) is 5.75 Å². The smallest absolute Gasteiger partial charge is 0.243 e. The molecule has 2 aliphatic rings. The molecule has 2 aromatic rings. The van der Waals surface area contributed by atoms with Gasteiger partial charge < -0.3 is 10.1 Å². The van der Waals surface area contributed by atoms with Gasteiger partial charge in [-0.15, -0.1) is 0 Å². The number of ether oxygens (including phenoxy) is 1. The second-order valence-corrected chi connectivity index (χ2v) is 9.88. The maximum absolute atomic E-state index is 13.1. The van der Waals surface area contributed by atoms with E-state index in [1.165, 1.54) is 9.87 Å². The van der Waals surface area contributed by atoms with Crippen molar-refractivity contribution in [2.24, 2.45) is 0 Å². The number of carbonyl (C=O) groups is 1. The Bertz CT molecular complexity index is 1050. The lowest BCUT2D eigenvalue weighted by molar-refractivity contribution is -0.117. The summed E-state index contributed by atoms with van der Waals surface area (Å²) in [6, 6.07) is 12.9. The van der Waals surface area contributed by atoms with Crippen LogP contribution in [-0.2, 0) is 27.7 Å². The van der Waals surface area contributed by atoms with Crippen LogP contribution in [0.4, 0.5) is 5.69 Å². The van der Waals surface area contributed by atoms with E-state index in [4.69, 9.17) is 4.74 Å². The molecule has 2 aromatic carbocycles. The zero-order valence-electron chi connectivity index (χ0n) is 17.8. The minimum Gasteiger partial charge on any atom is -0.492 e. The Morgan fingerprint density at radius 2 is 1.77 bits per heavy atom. The summed E-state index contributed by atoms with van der Waals surface area (Å²) in [7, 11) is -3.51. The van der Waals surface area contributed by atoms with E-state index in [1.54, 1.807) is 6.07 Å². The van der Waals surface area contributed by atoms with Crippen molar-refractivity contribution in [1.82, 2.24) is 9.21 Å². The number of carbonyl (C=O) groups excluding carboxylic acids is 1. The van der Waals surface area contributed by atoms with Crippen molar-refractivity contribution in [3.05, 3.63) is 53.6 Å². The molecule has 1 heterocycles. The van der Waals surface area contributed by atoms with Gasteiger partial charge in [0.2, 0.25) is 15.9 Å². The summed E-state index contributed by atoms with van der Waals surface area (Å²) in [6.07, 6.45) is 3.08. The molecular formula is C23H29N3O4S. The van der Waals surface area contributed by atoms with Gasteiger partial charge in [-0.2, -0.15) is 4.31 Å². The lowest BCUT2D eigenvalue weighted by atomic mass is 10.1. The molecule has 1 fully saturated rings. The van der Waals surface area contributed by atoms with Gasteiger partial charge in [-0.05, 0) is 61.6 Å². The number of benzene rings is 2. The van der Waals surface area contributed by atoms with Gasteiger partial charge in [0.25, 0.3) is 0 Å². The molecule has 0 atom stereocenters. The van der Waals surface area contributed by atoms with E-state index in [0.29, 0.717) is 49.1 Å². The average Bonchev–Trinajstić information content (AvgIpc) is 3.24. The topological polar surface area (TPSA) is 79.0 Å². The summed E-state index contributed by atoms with van der Waals surface area (Å²) >= 11 is 0. The number of aryl methyl sites for hydroxylation is 2. The van der Waals surface area contributed by atoms with E-state index in [0.717, 1.165) is 24.8 Å². The minimum absolute atomic E-state index is 0.137. The van der Waals surface area contributed by atoms with Crippen molar-refractivity contribution >= 4 is 21.6 Å². The number of fused-ring (bicyclic) bond motifs is 1. The highest BCUT2D eigenvalue weighted by atomic mass is 32.2. The molecule has 0 radical (unpaired) electrons. The number of nitrogens with one attached hydrogen (secondary N) is 1. The molecule has 0 unspecified atom stereocenters. The number of para-hydroxylation sites is 2. The first-order chi connectivity index (χ1) is 15.0. The zero-order chi connectivity index (χ0) is 21.8. The van der Waals surface area contributed by atoms with Crippen LogP contribution < -0.4 is 10.1 Å². The molecule has 7 nitrogen and oxygen atoms in total. The van der Waals surface area contributed by atoms with E-state index in [9.17, 15) is 13.2 Å². The fourth-order valence-corrected chi connectivity index (χ4v) is 5.70. The highest BCUT2D eigenvalue weighted by Gasteiger charge is 2.30. The molecule has 8 heteroatoms. The molecule has 31 heavy (non-hydrogen) atoms. The third-order valence-electron chi connectivity index (χ3n) is 5.87. The van der Waals surface area contributed by atoms with Crippen molar-refractivity contribution in [1.29, 1.82) is 0 Å². The fraction of sp³-hybridized carbons (Fsp3) is 0.435. The molecule has 1 aliphatic heterocycles. The van der Waals surface area contributed by atoms with Crippen LogP contribution in [0.2, 0.25) is 0 Å². The Labute approximate surface area is 184 Å². The molecule has 0 saturated carbocycles. The van der Waals surface area contributed by atoms with E-state index in [2.05, 4.69) is 5.32 Å². The van der Waals surface area contributed by atoms with E-state index < -0.39 is 10.0 Å². The second-order valence-electron chi connectivity index (χ2n) is 7.94. The molecule has 0 spiro atoms. The largest absolute Gasteiger partial charge is 0.492 e. The Morgan fingerprint density at radius 1 is 1.03 bits per heavy atom. The summed E-state index contributed by atoms with van der Waals surface area (Å²) in [5, 5.41) is 2.90. The van der Waals surface area contributed by atoms with Crippen LogP contribution >= 0.6 is 0 Å².